The third kappa shape index (κ3) is 6.33. The molecule has 1 atom stereocenters. The van der Waals surface area contributed by atoms with Crippen LogP contribution >= 0.6 is 15.9 Å². The number of halogens is 3. The Labute approximate surface area is 135 Å². The quantitative estimate of drug-likeness (QED) is 0.338. The molecule has 1 aromatic carbocycles. The maximum atomic E-state index is 13.9. The number of hydrogen-bond donors (Lipinski definition) is 0. The highest BCUT2D eigenvalue weighted by Crippen LogP contribution is 2.34. The van der Waals surface area contributed by atoms with Crippen LogP contribution in [0.3, 0.4) is 0 Å². The van der Waals surface area contributed by atoms with Gasteiger partial charge in [-0.1, -0.05) is 67.8 Å². The van der Waals surface area contributed by atoms with E-state index in [1.807, 2.05) is 0 Å². The Kier molecular flexibility index (Phi) is 8.90. The van der Waals surface area contributed by atoms with Crippen molar-refractivity contribution < 1.29 is 13.5 Å². The van der Waals surface area contributed by atoms with Crippen LogP contribution in [0.15, 0.2) is 12.1 Å². The van der Waals surface area contributed by atoms with E-state index in [-0.39, 0.29) is 16.1 Å². The van der Waals surface area contributed by atoms with E-state index in [9.17, 15) is 8.78 Å². The summed E-state index contributed by atoms with van der Waals surface area (Å²) in [7, 11) is 1.40. The van der Waals surface area contributed by atoms with Gasteiger partial charge < -0.3 is 4.74 Å². The molecule has 0 aliphatic rings. The number of alkyl halides is 1. The van der Waals surface area contributed by atoms with Crippen LogP contribution in [-0.4, -0.2) is 7.11 Å². The van der Waals surface area contributed by atoms with Gasteiger partial charge in [0.1, 0.15) is 17.4 Å². The lowest BCUT2D eigenvalue weighted by Crippen LogP contribution is -2.00. The maximum absolute atomic E-state index is 13.9. The predicted octanol–water partition coefficient (Wildman–Crippen LogP) is 6.55. The molecule has 0 bridgehead atoms. The Morgan fingerprint density at radius 2 is 1.52 bits per heavy atom. The normalized spacial score (nSPS) is 12.4. The Hall–Kier alpha value is -0.640. The second-order valence-corrected chi connectivity index (χ2v) is 6.49. The molecule has 0 spiro atoms. The second kappa shape index (κ2) is 10.1. The summed E-state index contributed by atoms with van der Waals surface area (Å²) in [6.07, 6.45) is 9.13. The van der Waals surface area contributed by atoms with E-state index in [2.05, 4.69) is 22.9 Å². The van der Waals surface area contributed by atoms with Gasteiger partial charge in [0.25, 0.3) is 0 Å². The molecule has 0 saturated heterocycles. The lowest BCUT2D eigenvalue weighted by Gasteiger charge is -2.13. The highest BCUT2D eigenvalue weighted by molar-refractivity contribution is 9.09. The van der Waals surface area contributed by atoms with Gasteiger partial charge in [-0.25, -0.2) is 8.78 Å². The molecular weight excluding hydrogens is 338 g/mol. The van der Waals surface area contributed by atoms with Crippen LogP contribution in [0.5, 0.6) is 5.75 Å². The second-order valence-electron chi connectivity index (χ2n) is 5.38. The third-order valence-electron chi connectivity index (χ3n) is 3.66. The monoisotopic (exact) mass is 362 g/mol. The zero-order valence-electron chi connectivity index (χ0n) is 12.9. The van der Waals surface area contributed by atoms with Crippen molar-refractivity contribution in [1.82, 2.24) is 0 Å². The van der Waals surface area contributed by atoms with Crippen LogP contribution in [0, 0.1) is 11.6 Å². The molecule has 0 amide bonds. The minimum Gasteiger partial charge on any atom is -0.497 e. The van der Waals surface area contributed by atoms with Gasteiger partial charge in [0, 0.05) is 22.5 Å². The average molecular weight is 363 g/mol. The van der Waals surface area contributed by atoms with Crippen molar-refractivity contribution in [3.8, 4) is 5.75 Å². The first-order chi connectivity index (χ1) is 10.1. The molecule has 1 unspecified atom stereocenters. The summed E-state index contributed by atoms with van der Waals surface area (Å²) in [6, 6.07) is 2.47. The molecule has 0 aromatic heterocycles. The number of unbranched alkanes of at least 4 members (excludes halogenated alkanes) is 6. The summed E-state index contributed by atoms with van der Waals surface area (Å²) in [5.41, 5.74) is 0.113. The summed E-state index contributed by atoms with van der Waals surface area (Å²) in [5, 5.41) is 0. The van der Waals surface area contributed by atoms with Crippen molar-refractivity contribution in [3.05, 3.63) is 29.3 Å². The molecule has 1 rings (SSSR count). The fraction of sp³-hybridized carbons (Fsp3) is 0.647. The van der Waals surface area contributed by atoms with Crippen LogP contribution in [0.4, 0.5) is 8.78 Å². The van der Waals surface area contributed by atoms with Crippen LogP contribution in [0.1, 0.15) is 68.7 Å². The minimum absolute atomic E-state index is 0.113. The zero-order chi connectivity index (χ0) is 15.7. The average Bonchev–Trinajstić information content (AvgIpc) is 2.45. The molecule has 0 saturated carbocycles. The molecule has 0 aliphatic heterocycles. The van der Waals surface area contributed by atoms with Crippen molar-refractivity contribution in [2.24, 2.45) is 0 Å². The fourth-order valence-corrected chi connectivity index (χ4v) is 3.16. The van der Waals surface area contributed by atoms with Gasteiger partial charge in [-0.3, -0.25) is 0 Å². The topological polar surface area (TPSA) is 9.23 Å². The molecule has 1 aromatic rings. The first kappa shape index (κ1) is 18.4. The molecule has 1 nitrogen and oxygen atoms in total. The van der Waals surface area contributed by atoms with Gasteiger partial charge in [-0.15, -0.1) is 0 Å². The molecule has 0 fully saturated rings. The molecular formula is C17H25BrF2O. The van der Waals surface area contributed by atoms with E-state index in [0.29, 0.717) is 0 Å². The predicted molar refractivity (Wildman–Crippen MR) is 87.2 cm³/mol. The molecule has 0 heterocycles. The molecule has 0 N–H and O–H groups in total. The highest BCUT2D eigenvalue weighted by atomic mass is 79.9. The lowest BCUT2D eigenvalue weighted by molar-refractivity contribution is 0.404. The Bertz CT molecular complexity index is 400. The van der Waals surface area contributed by atoms with E-state index in [0.717, 1.165) is 19.3 Å². The number of methoxy groups -OCH3 is 1. The molecule has 4 heteroatoms. The van der Waals surface area contributed by atoms with E-state index in [4.69, 9.17) is 4.74 Å². The van der Waals surface area contributed by atoms with Crippen molar-refractivity contribution in [3.63, 3.8) is 0 Å². The third-order valence-corrected chi connectivity index (χ3v) is 4.58. The SMILES string of the molecule is CCCCCCCCCC(Br)c1c(F)cc(OC)cc1F. The van der Waals surface area contributed by atoms with Crippen LogP contribution in [-0.2, 0) is 0 Å². The number of rotatable bonds is 10. The molecule has 0 radical (unpaired) electrons. The molecule has 0 aliphatic carbocycles. The summed E-state index contributed by atoms with van der Waals surface area (Å²) in [5.74, 6) is -0.877. The first-order valence-corrected chi connectivity index (χ1v) is 8.68. The maximum Gasteiger partial charge on any atom is 0.134 e. The van der Waals surface area contributed by atoms with Crippen molar-refractivity contribution >= 4 is 15.9 Å². The van der Waals surface area contributed by atoms with Gasteiger partial charge in [-0.2, -0.15) is 0 Å². The van der Waals surface area contributed by atoms with Gasteiger partial charge in [0.15, 0.2) is 0 Å². The van der Waals surface area contributed by atoms with E-state index in [1.165, 1.54) is 51.3 Å². The van der Waals surface area contributed by atoms with Gasteiger partial charge in [0.05, 0.1) is 7.11 Å². The molecule has 21 heavy (non-hydrogen) atoms. The van der Waals surface area contributed by atoms with Crippen molar-refractivity contribution in [2.75, 3.05) is 7.11 Å². The largest absolute Gasteiger partial charge is 0.497 e. The lowest BCUT2D eigenvalue weighted by atomic mass is 10.0. The summed E-state index contributed by atoms with van der Waals surface area (Å²) in [4.78, 5) is -0.279. The molecule has 120 valence electrons. The first-order valence-electron chi connectivity index (χ1n) is 7.77. The van der Waals surface area contributed by atoms with E-state index >= 15 is 0 Å². The Morgan fingerprint density at radius 1 is 1.00 bits per heavy atom. The minimum atomic E-state index is -0.545. The smallest absolute Gasteiger partial charge is 0.134 e. The van der Waals surface area contributed by atoms with Gasteiger partial charge in [0.2, 0.25) is 0 Å². The highest BCUT2D eigenvalue weighted by Gasteiger charge is 2.19. The van der Waals surface area contributed by atoms with E-state index in [1.54, 1.807) is 0 Å². The summed E-state index contributed by atoms with van der Waals surface area (Å²) in [6.45, 7) is 2.20. The van der Waals surface area contributed by atoms with Crippen LogP contribution < -0.4 is 4.74 Å². The number of ether oxygens (including phenoxy) is 1. The zero-order valence-corrected chi connectivity index (χ0v) is 14.5. The van der Waals surface area contributed by atoms with Crippen LogP contribution in [0.2, 0.25) is 0 Å². The summed E-state index contributed by atoms with van der Waals surface area (Å²) >= 11 is 3.41. The van der Waals surface area contributed by atoms with Gasteiger partial charge >= 0.3 is 0 Å². The van der Waals surface area contributed by atoms with Crippen LogP contribution in [0.25, 0.3) is 0 Å². The van der Waals surface area contributed by atoms with Crippen molar-refractivity contribution in [2.45, 2.75) is 63.1 Å². The fourth-order valence-electron chi connectivity index (χ4n) is 2.40. The summed E-state index contributed by atoms with van der Waals surface area (Å²) < 4.78 is 32.7. The van der Waals surface area contributed by atoms with Crippen molar-refractivity contribution in [1.29, 1.82) is 0 Å². The van der Waals surface area contributed by atoms with Gasteiger partial charge in [-0.05, 0) is 6.42 Å². The Balaban J connectivity index is 2.40. The van der Waals surface area contributed by atoms with E-state index < -0.39 is 11.6 Å². The standard InChI is InChI=1S/C17H25BrF2O/c1-3-4-5-6-7-8-9-10-14(18)17-15(19)11-13(21-2)12-16(17)20/h11-12,14H,3-10H2,1-2H3. The Morgan fingerprint density at radius 3 is 2.05 bits per heavy atom. The number of benzene rings is 1. The number of hydrogen-bond acceptors (Lipinski definition) is 1.